The second-order valence-corrected chi connectivity index (χ2v) is 4.00. The Hall–Kier alpha value is -1.18. The van der Waals surface area contributed by atoms with E-state index < -0.39 is 5.82 Å². The van der Waals surface area contributed by atoms with Crippen molar-refractivity contribution in [1.29, 1.82) is 0 Å². The van der Waals surface area contributed by atoms with Gasteiger partial charge >= 0.3 is 0 Å². The first-order valence-electron chi connectivity index (χ1n) is 4.80. The maximum atomic E-state index is 13.2. The molecule has 0 amide bonds. The summed E-state index contributed by atoms with van der Waals surface area (Å²) in [5, 5.41) is 0. The number of halogens is 1. The zero-order valence-electron chi connectivity index (χ0n) is 8.80. The second kappa shape index (κ2) is 4.36. The molecular formula is C12H15FO. The number of rotatable bonds is 3. The number of Topliss-reactive ketones (excluding diaryl/α,β-unsaturated/α-hetero) is 1. The number of benzene rings is 1. The van der Waals surface area contributed by atoms with Crippen molar-refractivity contribution in [3.63, 3.8) is 0 Å². The molecule has 0 fully saturated rings. The molecule has 0 radical (unpaired) electrons. The van der Waals surface area contributed by atoms with Gasteiger partial charge in [-0.25, -0.2) is 4.39 Å². The summed E-state index contributed by atoms with van der Waals surface area (Å²) in [4.78, 5) is 11.6. The Labute approximate surface area is 83.9 Å². The van der Waals surface area contributed by atoms with Crippen molar-refractivity contribution in [2.45, 2.75) is 27.2 Å². The van der Waals surface area contributed by atoms with Crippen LogP contribution in [0.2, 0.25) is 0 Å². The van der Waals surface area contributed by atoms with Gasteiger partial charge in [0.1, 0.15) is 5.82 Å². The molecule has 2 heteroatoms. The van der Waals surface area contributed by atoms with E-state index in [4.69, 9.17) is 0 Å². The van der Waals surface area contributed by atoms with E-state index in [1.165, 1.54) is 6.07 Å². The maximum Gasteiger partial charge on any atom is 0.166 e. The molecule has 0 aliphatic heterocycles. The van der Waals surface area contributed by atoms with Crippen molar-refractivity contribution < 1.29 is 9.18 Å². The third-order valence-electron chi connectivity index (χ3n) is 2.02. The van der Waals surface area contributed by atoms with E-state index >= 15 is 0 Å². The lowest BCUT2D eigenvalue weighted by Crippen LogP contribution is -2.06. The minimum Gasteiger partial charge on any atom is -0.294 e. The van der Waals surface area contributed by atoms with E-state index in [1.807, 2.05) is 20.8 Å². The van der Waals surface area contributed by atoms with Crippen LogP contribution in [0.4, 0.5) is 4.39 Å². The third-order valence-corrected chi connectivity index (χ3v) is 2.02. The quantitative estimate of drug-likeness (QED) is 0.674. The van der Waals surface area contributed by atoms with E-state index in [9.17, 15) is 9.18 Å². The summed E-state index contributed by atoms with van der Waals surface area (Å²) in [5.41, 5.74) is 1.14. The Kier molecular flexibility index (Phi) is 3.39. The molecule has 76 valence electrons. The molecule has 1 aromatic carbocycles. The Morgan fingerprint density at radius 1 is 1.43 bits per heavy atom. The third kappa shape index (κ3) is 2.66. The van der Waals surface area contributed by atoms with E-state index in [2.05, 4.69) is 0 Å². The first-order chi connectivity index (χ1) is 6.50. The van der Waals surface area contributed by atoms with Gasteiger partial charge in [0, 0.05) is 6.42 Å². The molecule has 0 N–H and O–H groups in total. The summed E-state index contributed by atoms with van der Waals surface area (Å²) in [6.45, 7) is 5.75. The molecule has 0 aromatic heterocycles. The maximum absolute atomic E-state index is 13.2. The zero-order chi connectivity index (χ0) is 10.7. The Balaban J connectivity index is 2.94. The highest BCUT2D eigenvalue weighted by atomic mass is 19.1. The molecule has 0 heterocycles. The summed E-state index contributed by atoms with van der Waals surface area (Å²) >= 11 is 0. The number of aryl methyl sites for hydroxylation is 1. The fraction of sp³-hybridized carbons (Fsp3) is 0.417. The standard InChI is InChI=1S/C12H15FO/c1-8(2)6-12(14)10-7-9(3)4-5-11(10)13/h4-5,7-8H,6H2,1-3H3. The van der Waals surface area contributed by atoms with Gasteiger partial charge in [0.15, 0.2) is 5.78 Å². The van der Waals surface area contributed by atoms with Gasteiger partial charge in [0.25, 0.3) is 0 Å². The summed E-state index contributed by atoms with van der Waals surface area (Å²) in [5.74, 6) is -0.259. The van der Waals surface area contributed by atoms with Gasteiger partial charge in [-0.05, 0) is 25.0 Å². The smallest absolute Gasteiger partial charge is 0.166 e. The topological polar surface area (TPSA) is 17.1 Å². The highest BCUT2D eigenvalue weighted by molar-refractivity contribution is 5.96. The lowest BCUT2D eigenvalue weighted by atomic mass is 9.99. The molecule has 0 atom stereocenters. The van der Waals surface area contributed by atoms with Crippen molar-refractivity contribution in [2.24, 2.45) is 5.92 Å². The molecule has 0 bridgehead atoms. The first kappa shape index (κ1) is 10.9. The SMILES string of the molecule is Cc1ccc(F)c(C(=O)CC(C)C)c1. The van der Waals surface area contributed by atoms with Crippen molar-refractivity contribution in [3.05, 3.63) is 35.1 Å². The number of carbonyl (C=O) groups is 1. The van der Waals surface area contributed by atoms with Crippen LogP contribution in [-0.4, -0.2) is 5.78 Å². The van der Waals surface area contributed by atoms with Crippen LogP contribution in [0.15, 0.2) is 18.2 Å². The van der Waals surface area contributed by atoms with Crippen LogP contribution in [0.1, 0.15) is 36.2 Å². The van der Waals surface area contributed by atoms with Gasteiger partial charge in [-0.15, -0.1) is 0 Å². The van der Waals surface area contributed by atoms with Crippen molar-refractivity contribution >= 4 is 5.78 Å². The van der Waals surface area contributed by atoms with Crippen LogP contribution in [0.25, 0.3) is 0 Å². The number of ketones is 1. The first-order valence-corrected chi connectivity index (χ1v) is 4.80. The van der Waals surface area contributed by atoms with Gasteiger partial charge in [-0.1, -0.05) is 25.5 Å². The van der Waals surface area contributed by atoms with Crippen molar-refractivity contribution in [1.82, 2.24) is 0 Å². The molecule has 0 saturated carbocycles. The molecule has 0 aliphatic rings. The van der Waals surface area contributed by atoms with Crippen LogP contribution in [0.5, 0.6) is 0 Å². The van der Waals surface area contributed by atoms with Gasteiger partial charge in [0.05, 0.1) is 5.56 Å². The van der Waals surface area contributed by atoms with Gasteiger partial charge in [-0.3, -0.25) is 4.79 Å². The highest BCUT2D eigenvalue weighted by Gasteiger charge is 2.12. The summed E-state index contributed by atoms with van der Waals surface area (Å²) in [7, 11) is 0. The van der Waals surface area contributed by atoms with E-state index in [-0.39, 0.29) is 17.3 Å². The number of hydrogen-bond acceptors (Lipinski definition) is 1. The molecule has 1 aromatic rings. The molecule has 1 nitrogen and oxygen atoms in total. The van der Waals surface area contributed by atoms with Crippen LogP contribution < -0.4 is 0 Å². The van der Waals surface area contributed by atoms with Gasteiger partial charge in [0.2, 0.25) is 0 Å². The van der Waals surface area contributed by atoms with E-state index in [0.29, 0.717) is 6.42 Å². The van der Waals surface area contributed by atoms with Crippen LogP contribution >= 0.6 is 0 Å². The average Bonchev–Trinajstić information content (AvgIpc) is 2.08. The molecule has 0 unspecified atom stereocenters. The monoisotopic (exact) mass is 194 g/mol. The lowest BCUT2D eigenvalue weighted by Gasteiger charge is -2.05. The Morgan fingerprint density at radius 2 is 2.07 bits per heavy atom. The highest BCUT2D eigenvalue weighted by Crippen LogP contribution is 2.14. The molecule has 0 aliphatic carbocycles. The summed E-state index contributed by atoms with van der Waals surface area (Å²) < 4.78 is 13.2. The van der Waals surface area contributed by atoms with E-state index in [0.717, 1.165) is 5.56 Å². The molecule has 0 spiro atoms. The fourth-order valence-electron chi connectivity index (χ4n) is 1.33. The minimum absolute atomic E-state index is 0.110. The molecule has 1 rings (SSSR count). The van der Waals surface area contributed by atoms with E-state index in [1.54, 1.807) is 12.1 Å². The fourth-order valence-corrected chi connectivity index (χ4v) is 1.33. The molecule has 0 saturated heterocycles. The zero-order valence-corrected chi connectivity index (χ0v) is 8.80. The van der Waals surface area contributed by atoms with Gasteiger partial charge in [-0.2, -0.15) is 0 Å². The molecule has 14 heavy (non-hydrogen) atoms. The van der Waals surface area contributed by atoms with Crippen LogP contribution in [0.3, 0.4) is 0 Å². The number of carbonyl (C=O) groups excluding carboxylic acids is 1. The van der Waals surface area contributed by atoms with Gasteiger partial charge < -0.3 is 0 Å². The van der Waals surface area contributed by atoms with Crippen molar-refractivity contribution in [2.75, 3.05) is 0 Å². The van der Waals surface area contributed by atoms with Crippen LogP contribution in [-0.2, 0) is 0 Å². The average molecular weight is 194 g/mol. The predicted octanol–water partition coefficient (Wildman–Crippen LogP) is 3.36. The van der Waals surface area contributed by atoms with Crippen molar-refractivity contribution in [3.8, 4) is 0 Å². The number of hydrogen-bond donors (Lipinski definition) is 0. The normalized spacial score (nSPS) is 10.6. The Bertz CT molecular complexity index is 342. The summed E-state index contributed by atoms with van der Waals surface area (Å²) in [6, 6.07) is 4.63. The largest absolute Gasteiger partial charge is 0.294 e. The second-order valence-electron chi connectivity index (χ2n) is 4.00. The minimum atomic E-state index is -0.416. The predicted molar refractivity (Wildman–Crippen MR) is 54.9 cm³/mol. The Morgan fingerprint density at radius 3 is 2.64 bits per heavy atom. The lowest BCUT2D eigenvalue weighted by molar-refractivity contribution is 0.0964. The summed E-state index contributed by atoms with van der Waals surface area (Å²) in [6.07, 6.45) is 0.403. The van der Waals surface area contributed by atoms with Crippen LogP contribution in [0, 0.1) is 18.7 Å². The molecular weight excluding hydrogens is 179 g/mol.